The van der Waals surface area contributed by atoms with Crippen molar-refractivity contribution in [3.05, 3.63) is 28.2 Å². The minimum atomic E-state index is -0.757. The standard InChI is InChI=1S/C13H15BrF2N2O2/c1-8-7-18(3-2-4-20-8)13(19)17-9-5-10(15)12(14)11(16)6-9/h5-6,8H,2-4,7H2,1H3,(H,17,19)/t8-/m0/s1. The fourth-order valence-electron chi connectivity index (χ4n) is 2.01. The predicted molar refractivity (Wildman–Crippen MR) is 74.7 cm³/mol. The SMILES string of the molecule is C[C@H]1CN(C(=O)Nc2cc(F)c(Br)c(F)c2)CCCO1. The van der Waals surface area contributed by atoms with Gasteiger partial charge in [-0.1, -0.05) is 0 Å². The summed E-state index contributed by atoms with van der Waals surface area (Å²) < 4.78 is 32.0. The van der Waals surface area contributed by atoms with Gasteiger partial charge in [-0.25, -0.2) is 13.6 Å². The van der Waals surface area contributed by atoms with E-state index in [0.717, 1.165) is 18.6 Å². The van der Waals surface area contributed by atoms with Crippen LogP contribution < -0.4 is 5.32 Å². The first-order valence-corrected chi connectivity index (χ1v) is 7.08. The molecule has 0 spiro atoms. The summed E-state index contributed by atoms with van der Waals surface area (Å²) in [5.74, 6) is -1.51. The van der Waals surface area contributed by atoms with Crippen LogP contribution in [0.1, 0.15) is 13.3 Å². The molecule has 1 saturated heterocycles. The highest BCUT2D eigenvalue weighted by Gasteiger charge is 2.20. The van der Waals surface area contributed by atoms with E-state index in [4.69, 9.17) is 4.74 Å². The average Bonchev–Trinajstić information content (AvgIpc) is 2.60. The van der Waals surface area contributed by atoms with Crippen LogP contribution >= 0.6 is 15.9 Å². The molecule has 0 saturated carbocycles. The monoisotopic (exact) mass is 348 g/mol. The minimum Gasteiger partial charge on any atom is -0.377 e. The van der Waals surface area contributed by atoms with Gasteiger partial charge in [0, 0.05) is 25.4 Å². The fourth-order valence-corrected chi connectivity index (χ4v) is 2.24. The topological polar surface area (TPSA) is 41.6 Å². The molecular formula is C13H15BrF2N2O2. The van der Waals surface area contributed by atoms with Gasteiger partial charge in [0.05, 0.1) is 10.6 Å². The summed E-state index contributed by atoms with van der Waals surface area (Å²) in [5, 5.41) is 2.50. The van der Waals surface area contributed by atoms with Gasteiger partial charge in [-0.15, -0.1) is 0 Å². The molecule has 1 N–H and O–H groups in total. The van der Waals surface area contributed by atoms with Gasteiger partial charge < -0.3 is 15.0 Å². The van der Waals surface area contributed by atoms with Gasteiger partial charge in [-0.2, -0.15) is 0 Å². The van der Waals surface area contributed by atoms with Crippen molar-refractivity contribution in [1.82, 2.24) is 4.90 Å². The van der Waals surface area contributed by atoms with E-state index in [-0.39, 0.29) is 22.3 Å². The Morgan fingerprint density at radius 2 is 2.10 bits per heavy atom. The normalized spacial score (nSPS) is 19.6. The van der Waals surface area contributed by atoms with E-state index in [0.29, 0.717) is 19.7 Å². The van der Waals surface area contributed by atoms with E-state index in [9.17, 15) is 13.6 Å². The largest absolute Gasteiger partial charge is 0.377 e. The molecule has 0 unspecified atom stereocenters. The first-order chi connectivity index (χ1) is 9.47. The van der Waals surface area contributed by atoms with Crippen molar-refractivity contribution < 1.29 is 18.3 Å². The second-order valence-corrected chi connectivity index (χ2v) is 5.46. The summed E-state index contributed by atoms with van der Waals surface area (Å²) in [4.78, 5) is 13.7. The van der Waals surface area contributed by atoms with E-state index >= 15 is 0 Å². The van der Waals surface area contributed by atoms with E-state index in [1.807, 2.05) is 6.92 Å². The molecule has 0 radical (unpaired) electrons. The Hall–Kier alpha value is -1.21. The summed E-state index contributed by atoms with van der Waals surface area (Å²) >= 11 is 2.78. The molecule has 1 aliphatic heterocycles. The van der Waals surface area contributed by atoms with Gasteiger partial charge >= 0.3 is 6.03 Å². The van der Waals surface area contributed by atoms with Crippen LogP contribution in [-0.4, -0.2) is 36.7 Å². The zero-order valence-electron chi connectivity index (χ0n) is 11.0. The van der Waals surface area contributed by atoms with Gasteiger partial charge in [0.15, 0.2) is 0 Å². The number of nitrogens with zero attached hydrogens (tertiary/aromatic N) is 1. The minimum absolute atomic E-state index is 0.0540. The molecule has 1 fully saturated rings. The maximum Gasteiger partial charge on any atom is 0.321 e. The van der Waals surface area contributed by atoms with Crippen LogP contribution in [0.15, 0.2) is 16.6 Å². The first kappa shape index (κ1) is 15.2. The highest BCUT2D eigenvalue weighted by Crippen LogP contribution is 2.24. The lowest BCUT2D eigenvalue weighted by Gasteiger charge is -2.22. The van der Waals surface area contributed by atoms with Crippen LogP contribution in [0.2, 0.25) is 0 Å². The maximum atomic E-state index is 13.4. The molecule has 2 rings (SSSR count). The Labute approximate surface area is 124 Å². The van der Waals surface area contributed by atoms with E-state index in [1.54, 1.807) is 4.90 Å². The fraction of sp³-hybridized carbons (Fsp3) is 0.462. The van der Waals surface area contributed by atoms with Crippen LogP contribution in [0.3, 0.4) is 0 Å². The second-order valence-electron chi connectivity index (χ2n) is 4.67. The van der Waals surface area contributed by atoms with Gasteiger partial charge in [-0.05, 0) is 41.4 Å². The molecule has 110 valence electrons. The van der Waals surface area contributed by atoms with Crippen LogP contribution in [0.5, 0.6) is 0 Å². The maximum absolute atomic E-state index is 13.4. The number of hydrogen-bond acceptors (Lipinski definition) is 2. The van der Waals surface area contributed by atoms with Crippen molar-refractivity contribution in [3.63, 3.8) is 0 Å². The van der Waals surface area contributed by atoms with E-state index < -0.39 is 11.6 Å². The van der Waals surface area contributed by atoms with Gasteiger partial charge in [0.1, 0.15) is 11.6 Å². The van der Waals surface area contributed by atoms with E-state index in [2.05, 4.69) is 21.2 Å². The number of carbonyl (C=O) groups is 1. The van der Waals surface area contributed by atoms with Crippen LogP contribution in [0.25, 0.3) is 0 Å². The Balaban J connectivity index is 2.07. The molecule has 0 aromatic heterocycles. The number of urea groups is 1. The zero-order chi connectivity index (χ0) is 14.7. The molecule has 4 nitrogen and oxygen atoms in total. The van der Waals surface area contributed by atoms with Crippen molar-refractivity contribution in [2.24, 2.45) is 0 Å². The Kier molecular flexibility index (Phi) is 4.93. The smallest absolute Gasteiger partial charge is 0.321 e. The first-order valence-electron chi connectivity index (χ1n) is 6.29. The summed E-state index contributed by atoms with van der Waals surface area (Å²) in [5.41, 5.74) is 0.0889. The third-order valence-electron chi connectivity index (χ3n) is 2.97. The second kappa shape index (κ2) is 6.49. The number of carbonyl (C=O) groups excluding carboxylic acids is 1. The van der Waals surface area contributed by atoms with Gasteiger partial charge in [-0.3, -0.25) is 0 Å². The lowest BCUT2D eigenvalue weighted by molar-refractivity contribution is 0.0718. The summed E-state index contributed by atoms with van der Waals surface area (Å²) in [6.07, 6.45) is 0.683. The number of nitrogens with one attached hydrogen (secondary N) is 1. The van der Waals surface area contributed by atoms with Crippen molar-refractivity contribution in [1.29, 1.82) is 0 Å². The summed E-state index contributed by atoms with van der Waals surface area (Å²) in [6, 6.07) is 1.76. The molecule has 7 heteroatoms. The number of rotatable bonds is 1. The van der Waals surface area contributed by atoms with E-state index in [1.165, 1.54) is 0 Å². The molecule has 0 aliphatic carbocycles. The number of hydrogen-bond donors (Lipinski definition) is 1. The lowest BCUT2D eigenvalue weighted by Crippen LogP contribution is -2.38. The molecule has 0 bridgehead atoms. The van der Waals surface area contributed by atoms with Gasteiger partial charge in [0.2, 0.25) is 0 Å². The molecule has 1 heterocycles. The van der Waals surface area contributed by atoms with Crippen molar-refractivity contribution in [2.75, 3.05) is 25.0 Å². The Bertz CT molecular complexity index is 490. The van der Waals surface area contributed by atoms with Crippen molar-refractivity contribution in [2.45, 2.75) is 19.4 Å². The Morgan fingerprint density at radius 3 is 2.75 bits per heavy atom. The van der Waals surface area contributed by atoms with Gasteiger partial charge in [0.25, 0.3) is 0 Å². The molecule has 1 aromatic rings. The number of anilines is 1. The molecular weight excluding hydrogens is 334 g/mol. The molecule has 1 atom stereocenters. The van der Waals surface area contributed by atoms with Crippen LogP contribution in [0.4, 0.5) is 19.3 Å². The summed E-state index contributed by atoms with van der Waals surface area (Å²) in [6.45, 7) is 3.49. The molecule has 1 aromatic carbocycles. The number of amides is 2. The average molecular weight is 349 g/mol. The third kappa shape index (κ3) is 3.67. The quantitative estimate of drug-likeness (QED) is 0.790. The highest BCUT2D eigenvalue weighted by molar-refractivity contribution is 9.10. The number of benzene rings is 1. The zero-order valence-corrected chi connectivity index (χ0v) is 12.5. The van der Waals surface area contributed by atoms with Crippen molar-refractivity contribution in [3.8, 4) is 0 Å². The lowest BCUT2D eigenvalue weighted by atomic mass is 10.3. The molecule has 2 amide bonds. The van der Waals surface area contributed by atoms with Crippen LogP contribution in [-0.2, 0) is 4.74 Å². The third-order valence-corrected chi connectivity index (χ3v) is 3.73. The Morgan fingerprint density at radius 1 is 1.45 bits per heavy atom. The van der Waals surface area contributed by atoms with Crippen molar-refractivity contribution >= 4 is 27.6 Å². The predicted octanol–water partition coefficient (Wildman–Crippen LogP) is 3.37. The number of ether oxygens (including phenoxy) is 1. The van der Waals surface area contributed by atoms with Crippen LogP contribution in [0, 0.1) is 11.6 Å². The highest BCUT2D eigenvalue weighted by atomic mass is 79.9. The summed E-state index contributed by atoms with van der Waals surface area (Å²) in [7, 11) is 0. The molecule has 20 heavy (non-hydrogen) atoms. The number of halogens is 3. The molecule has 1 aliphatic rings.